The fourth-order valence-corrected chi connectivity index (χ4v) is 1.68. The highest BCUT2D eigenvalue weighted by Crippen LogP contribution is 2.37. The SMILES string of the molecule is C=C(F)C(=O)OC(OCCC(F)(F)S(=O)(=O)O)(C(=O)NCC(F)(F)F)C(F)(F)F. The van der Waals surface area contributed by atoms with E-state index in [4.69, 9.17) is 4.55 Å². The number of amides is 1. The van der Waals surface area contributed by atoms with Crippen LogP contribution in [0.2, 0.25) is 0 Å². The summed E-state index contributed by atoms with van der Waals surface area (Å²) < 4.78 is 151. The summed E-state index contributed by atoms with van der Waals surface area (Å²) in [7, 11) is -6.17. The summed E-state index contributed by atoms with van der Waals surface area (Å²) in [4.78, 5) is 22.7. The largest absolute Gasteiger partial charge is 0.466 e. The Balaban J connectivity index is 5.95. The Kier molecular flexibility index (Phi) is 8.11. The zero-order valence-electron chi connectivity index (χ0n) is 13.5. The molecule has 0 saturated carbocycles. The topological polar surface area (TPSA) is 119 Å². The number of hydrogen-bond donors (Lipinski definition) is 2. The average molecular weight is 471 g/mol. The molecule has 170 valence electrons. The maximum atomic E-state index is 13.3. The van der Waals surface area contributed by atoms with E-state index < -0.39 is 70.8 Å². The molecule has 0 aromatic rings. The van der Waals surface area contributed by atoms with Crippen LogP contribution in [0, 0.1) is 0 Å². The molecule has 0 heterocycles. The second-order valence-electron chi connectivity index (χ2n) is 4.92. The van der Waals surface area contributed by atoms with Crippen LogP contribution in [0.3, 0.4) is 0 Å². The lowest BCUT2D eigenvalue weighted by Crippen LogP contribution is -2.62. The van der Waals surface area contributed by atoms with E-state index in [2.05, 4.69) is 16.1 Å². The Morgan fingerprint density at radius 1 is 1.03 bits per heavy atom. The van der Waals surface area contributed by atoms with Gasteiger partial charge in [0.2, 0.25) is 5.83 Å². The summed E-state index contributed by atoms with van der Waals surface area (Å²) in [5.74, 6) is -13.0. The molecule has 18 heteroatoms. The normalized spacial score (nSPS) is 15.4. The summed E-state index contributed by atoms with van der Waals surface area (Å²) in [5.41, 5.74) is 0. The Hall–Kier alpha value is -2.08. The molecule has 1 unspecified atom stereocenters. The molecule has 0 bridgehead atoms. The fourth-order valence-electron chi connectivity index (χ4n) is 1.34. The molecule has 1 atom stereocenters. The van der Waals surface area contributed by atoms with Gasteiger partial charge < -0.3 is 14.8 Å². The van der Waals surface area contributed by atoms with Gasteiger partial charge in [0.15, 0.2) is 0 Å². The van der Waals surface area contributed by atoms with E-state index in [1.165, 1.54) is 0 Å². The number of hydrogen-bond acceptors (Lipinski definition) is 6. The number of esters is 1. The molecular formula is C11H10F9NO7S. The van der Waals surface area contributed by atoms with Gasteiger partial charge in [-0.1, -0.05) is 6.58 Å². The first kappa shape index (κ1) is 26.9. The monoisotopic (exact) mass is 471 g/mol. The molecule has 0 rings (SSSR count). The Labute approximate surface area is 155 Å². The Morgan fingerprint density at radius 2 is 1.52 bits per heavy atom. The third-order valence-electron chi connectivity index (χ3n) is 2.66. The second-order valence-corrected chi connectivity index (χ2v) is 6.46. The van der Waals surface area contributed by atoms with Crippen molar-refractivity contribution < 1.29 is 71.5 Å². The molecular weight excluding hydrogens is 461 g/mol. The van der Waals surface area contributed by atoms with Crippen molar-refractivity contribution in [3.63, 3.8) is 0 Å². The number of ether oxygens (including phenoxy) is 2. The fraction of sp³-hybridized carbons (Fsp3) is 0.636. The first-order valence-electron chi connectivity index (χ1n) is 6.64. The van der Waals surface area contributed by atoms with Gasteiger partial charge in [-0.05, 0) is 0 Å². The van der Waals surface area contributed by atoms with Crippen LogP contribution in [0.4, 0.5) is 39.5 Å². The lowest BCUT2D eigenvalue weighted by molar-refractivity contribution is -0.348. The van der Waals surface area contributed by atoms with Gasteiger partial charge in [0.1, 0.15) is 6.54 Å². The number of alkyl halides is 8. The molecule has 0 fully saturated rings. The predicted molar refractivity (Wildman–Crippen MR) is 71.3 cm³/mol. The second kappa shape index (κ2) is 8.74. The standard InChI is InChI=1S/C11H10F9NO7S/c1-5(12)6(22)28-10(11(18,19)20,7(23)21-4-8(13,14)15)27-3-2-9(16,17)29(24,25)26/h1-4H2,(H,21,23)(H,24,25,26). The van der Waals surface area contributed by atoms with Crippen molar-refractivity contribution in [3.8, 4) is 0 Å². The van der Waals surface area contributed by atoms with Gasteiger partial charge in [-0.2, -0.15) is 47.9 Å². The predicted octanol–water partition coefficient (Wildman–Crippen LogP) is 1.84. The first-order chi connectivity index (χ1) is 12.7. The van der Waals surface area contributed by atoms with E-state index in [9.17, 15) is 57.5 Å². The number of nitrogens with one attached hydrogen (secondary N) is 1. The van der Waals surface area contributed by atoms with Gasteiger partial charge in [-0.25, -0.2) is 4.79 Å². The molecule has 0 aliphatic rings. The molecule has 1 amide bonds. The van der Waals surface area contributed by atoms with Crippen LogP contribution in [0.5, 0.6) is 0 Å². The number of rotatable bonds is 9. The van der Waals surface area contributed by atoms with E-state index in [-0.39, 0.29) is 0 Å². The molecule has 8 nitrogen and oxygen atoms in total. The number of halogens is 9. The van der Waals surface area contributed by atoms with E-state index in [1.54, 1.807) is 0 Å². The van der Waals surface area contributed by atoms with E-state index >= 15 is 0 Å². The quantitative estimate of drug-likeness (QED) is 0.173. The zero-order valence-corrected chi connectivity index (χ0v) is 14.4. The van der Waals surface area contributed by atoms with Gasteiger partial charge in [0, 0.05) is 0 Å². The summed E-state index contributed by atoms with van der Waals surface area (Å²) in [6.45, 7) is -2.36. The minimum Gasteiger partial charge on any atom is -0.410 e. The summed E-state index contributed by atoms with van der Waals surface area (Å²) in [6.07, 6.45) is -13.8. The highest BCUT2D eigenvalue weighted by molar-refractivity contribution is 7.86. The summed E-state index contributed by atoms with van der Waals surface area (Å²) in [5, 5.41) is -4.53. The van der Waals surface area contributed by atoms with Gasteiger partial charge in [0.05, 0.1) is 13.0 Å². The Bertz CT molecular complexity index is 747. The molecule has 0 spiro atoms. The number of carbonyl (C=O) groups excluding carboxylic acids is 2. The van der Waals surface area contributed by atoms with Gasteiger partial charge >= 0.3 is 45.4 Å². The van der Waals surface area contributed by atoms with Crippen LogP contribution in [0.25, 0.3) is 0 Å². The van der Waals surface area contributed by atoms with Crippen molar-refractivity contribution in [2.24, 2.45) is 0 Å². The van der Waals surface area contributed by atoms with Crippen LogP contribution >= 0.6 is 0 Å². The van der Waals surface area contributed by atoms with Crippen LogP contribution < -0.4 is 5.32 Å². The highest BCUT2D eigenvalue weighted by atomic mass is 32.2. The van der Waals surface area contributed by atoms with Gasteiger partial charge in [0.25, 0.3) is 0 Å². The van der Waals surface area contributed by atoms with Crippen LogP contribution in [0.15, 0.2) is 12.4 Å². The molecule has 0 radical (unpaired) electrons. The van der Waals surface area contributed by atoms with E-state index in [1.807, 2.05) is 0 Å². The average Bonchev–Trinajstić information content (AvgIpc) is 2.47. The molecule has 0 aromatic carbocycles. The van der Waals surface area contributed by atoms with Crippen molar-refractivity contribution >= 4 is 22.0 Å². The maximum Gasteiger partial charge on any atom is 0.466 e. The van der Waals surface area contributed by atoms with Crippen molar-refractivity contribution in [3.05, 3.63) is 12.4 Å². The molecule has 0 aromatic heterocycles. The summed E-state index contributed by atoms with van der Waals surface area (Å²) in [6, 6.07) is 0. The minimum atomic E-state index is -6.28. The lowest BCUT2D eigenvalue weighted by atomic mass is 10.2. The van der Waals surface area contributed by atoms with E-state index in [0.29, 0.717) is 5.32 Å². The van der Waals surface area contributed by atoms with Gasteiger partial charge in [-0.15, -0.1) is 0 Å². The smallest absolute Gasteiger partial charge is 0.410 e. The zero-order chi connectivity index (χ0) is 23.5. The third kappa shape index (κ3) is 7.35. The van der Waals surface area contributed by atoms with Crippen molar-refractivity contribution in [1.82, 2.24) is 5.32 Å². The maximum absolute atomic E-state index is 13.3. The van der Waals surface area contributed by atoms with Crippen molar-refractivity contribution in [2.45, 2.75) is 29.8 Å². The molecule has 2 N–H and O–H groups in total. The summed E-state index contributed by atoms with van der Waals surface area (Å²) >= 11 is 0. The van der Waals surface area contributed by atoms with Crippen molar-refractivity contribution in [2.75, 3.05) is 13.2 Å². The van der Waals surface area contributed by atoms with Crippen LogP contribution in [-0.4, -0.2) is 61.4 Å². The van der Waals surface area contributed by atoms with Gasteiger partial charge in [-0.3, -0.25) is 9.35 Å². The van der Waals surface area contributed by atoms with E-state index in [0.717, 1.165) is 0 Å². The molecule has 0 saturated heterocycles. The minimum absolute atomic E-state index is 0.599. The lowest BCUT2D eigenvalue weighted by Gasteiger charge is -2.33. The van der Waals surface area contributed by atoms with Crippen LogP contribution in [-0.2, 0) is 29.2 Å². The highest BCUT2D eigenvalue weighted by Gasteiger charge is 2.67. The Morgan fingerprint density at radius 3 is 1.86 bits per heavy atom. The number of carbonyl (C=O) groups is 2. The molecule has 29 heavy (non-hydrogen) atoms. The molecule has 0 aliphatic heterocycles. The third-order valence-corrected chi connectivity index (χ3v) is 3.61. The van der Waals surface area contributed by atoms with Crippen LogP contribution in [0.1, 0.15) is 6.42 Å². The first-order valence-corrected chi connectivity index (χ1v) is 8.08. The molecule has 0 aliphatic carbocycles. The van der Waals surface area contributed by atoms with Crippen molar-refractivity contribution in [1.29, 1.82) is 0 Å².